The summed E-state index contributed by atoms with van der Waals surface area (Å²) in [7, 11) is 0. The predicted octanol–water partition coefficient (Wildman–Crippen LogP) is 3.74. The van der Waals surface area contributed by atoms with Crippen molar-refractivity contribution in [2.75, 3.05) is 11.1 Å². The highest BCUT2D eigenvalue weighted by molar-refractivity contribution is 7.80. The first-order valence-corrected chi connectivity index (χ1v) is 7.80. The minimum absolute atomic E-state index is 0.615. The quantitative estimate of drug-likeness (QED) is 0.718. The third kappa shape index (κ3) is 3.40. The summed E-state index contributed by atoms with van der Waals surface area (Å²) in [6.45, 7) is 1.89. The van der Waals surface area contributed by atoms with Crippen LogP contribution >= 0.6 is 12.2 Å². The van der Waals surface area contributed by atoms with E-state index in [1.165, 1.54) is 0 Å². The molecule has 4 nitrogen and oxygen atoms in total. The van der Waals surface area contributed by atoms with Crippen LogP contribution in [0.5, 0.6) is 0 Å². The van der Waals surface area contributed by atoms with Gasteiger partial charge in [-0.05, 0) is 24.6 Å². The van der Waals surface area contributed by atoms with Crippen LogP contribution in [0.1, 0.15) is 11.3 Å². The van der Waals surface area contributed by atoms with Gasteiger partial charge in [0.2, 0.25) is 0 Å². The molecule has 116 valence electrons. The van der Waals surface area contributed by atoms with Crippen molar-refractivity contribution in [3.63, 3.8) is 0 Å². The second-order valence-corrected chi connectivity index (χ2v) is 5.80. The van der Waals surface area contributed by atoms with Crippen molar-refractivity contribution < 1.29 is 0 Å². The van der Waals surface area contributed by atoms with E-state index in [-0.39, 0.29) is 0 Å². The molecule has 0 amide bonds. The zero-order valence-electron chi connectivity index (χ0n) is 12.9. The lowest BCUT2D eigenvalue weighted by Gasteiger charge is -2.12. The Bertz CT molecular complexity index is 810. The predicted molar refractivity (Wildman–Crippen MR) is 99.1 cm³/mol. The summed E-state index contributed by atoms with van der Waals surface area (Å²) in [6.07, 6.45) is 0.661. The van der Waals surface area contributed by atoms with Crippen LogP contribution in [0, 0.1) is 6.92 Å². The largest absolute Gasteiger partial charge is 0.394 e. The lowest BCUT2D eigenvalue weighted by atomic mass is 10.1. The summed E-state index contributed by atoms with van der Waals surface area (Å²) < 4.78 is 1.79. The van der Waals surface area contributed by atoms with E-state index in [2.05, 4.69) is 22.5 Å². The Morgan fingerprint density at radius 1 is 1.09 bits per heavy atom. The Kier molecular flexibility index (Phi) is 4.39. The lowest BCUT2D eigenvalue weighted by molar-refractivity contribution is 0.870. The summed E-state index contributed by atoms with van der Waals surface area (Å²) in [5.74, 6) is 0.717. The van der Waals surface area contributed by atoms with Crippen LogP contribution in [0.3, 0.4) is 0 Å². The van der Waals surface area contributed by atoms with Gasteiger partial charge in [0.05, 0.1) is 22.1 Å². The lowest BCUT2D eigenvalue weighted by Crippen LogP contribution is -2.16. The highest BCUT2D eigenvalue weighted by Gasteiger charge is 2.15. The smallest absolute Gasteiger partial charge is 0.158 e. The molecule has 1 heterocycles. The number of nitrogen functional groups attached to an aromatic ring is 1. The number of rotatable bonds is 4. The molecule has 3 aromatic rings. The minimum atomic E-state index is 0.615. The highest BCUT2D eigenvalue weighted by Crippen LogP contribution is 2.26. The van der Waals surface area contributed by atoms with E-state index in [0.717, 1.165) is 22.8 Å². The highest BCUT2D eigenvalue weighted by atomic mass is 32.1. The molecule has 3 rings (SSSR count). The Balaban J connectivity index is 1.86. The van der Waals surface area contributed by atoms with Crippen molar-refractivity contribution in [3.05, 3.63) is 71.9 Å². The molecule has 0 aliphatic heterocycles. The molecule has 2 aromatic carbocycles. The summed E-state index contributed by atoms with van der Waals surface area (Å²) in [4.78, 5) is 0.708. The van der Waals surface area contributed by atoms with Crippen molar-refractivity contribution in [1.29, 1.82) is 0 Å². The fourth-order valence-corrected chi connectivity index (χ4v) is 2.64. The molecule has 0 atom stereocenters. The normalized spacial score (nSPS) is 10.5. The standard InChI is InChI=1S/C18H18N4S/c1-13-17(19)18(22(21-13)15-10-6-3-7-11-15)20-16(23)12-14-8-4-2-5-9-14/h2-11H,12,19H2,1H3,(H,20,23). The monoisotopic (exact) mass is 322 g/mol. The number of hydrogen-bond donors (Lipinski definition) is 2. The first-order chi connectivity index (χ1) is 11.1. The van der Waals surface area contributed by atoms with Crippen LogP contribution in [0.2, 0.25) is 0 Å². The van der Waals surface area contributed by atoms with Gasteiger partial charge in [-0.3, -0.25) is 0 Å². The molecular formula is C18H18N4S. The summed E-state index contributed by atoms with van der Waals surface area (Å²) in [6, 6.07) is 20.0. The number of para-hydroxylation sites is 1. The Morgan fingerprint density at radius 3 is 2.35 bits per heavy atom. The molecule has 0 aliphatic carbocycles. The van der Waals surface area contributed by atoms with Crippen molar-refractivity contribution in [2.45, 2.75) is 13.3 Å². The van der Waals surface area contributed by atoms with Gasteiger partial charge in [-0.1, -0.05) is 60.7 Å². The van der Waals surface area contributed by atoms with Crippen LogP contribution in [-0.4, -0.2) is 14.8 Å². The molecule has 0 spiro atoms. The topological polar surface area (TPSA) is 55.9 Å². The van der Waals surface area contributed by atoms with Crippen molar-refractivity contribution in [3.8, 4) is 5.69 Å². The van der Waals surface area contributed by atoms with E-state index >= 15 is 0 Å². The van der Waals surface area contributed by atoms with E-state index in [9.17, 15) is 0 Å². The van der Waals surface area contributed by atoms with Gasteiger partial charge < -0.3 is 11.1 Å². The maximum absolute atomic E-state index is 6.18. The number of aryl methyl sites for hydroxylation is 1. The van der Waals surface area contributed by atoms with Gasteiger partial charge >= 0.3 is 0 Å². The number of hydrogen-bond acceptors (Lipinski definition) is 3. The zero-order valence-corrected chi connectivity index (χ0v) is 13.7. The maximum Gasteiger partial charge on any atom is 0.158 e. The molecule has 0 unspecified atom stereocenters. The minimum Gasteiger partial charge on any atom is -0.394 e. The third-order valence-corrected chi connectivity index (χ3v) is 3.82. The Morgan fingerprint density at radius 2 is 1.70 bits per heavy atom. The van der Waals surface area contributed by atoms with Gasteiger partial charge in [0.25, 0.3) is 0 Å². The third-order valence-electron chi connectivity index (χ3n) is 3.57. The molecular weight excluding hydrogens is 304 g/mol. The first-order valence-electron chi connectivity index (χ1n) is 7.39. The zero-order chi connectivity index (χ0) is 16.2. The fraction of sp³-hybridized carbons (Fsp3) is 0.111. The number of nitrogens with one attached hydrogen (secondary N) is 1. The first kappa shape index (κ1) is 15.2. The Labute approximate surface area is 140 Å². The SMILES string of the molecule is Cc1nn(-c2ccccc2)c(NC(=S)Cc2ccccc2)c1N. The van der Waals surface area contributed by atoms with Crippen LogP contribution in [0.4, 0.5) is 11.5 Å². The van der Waals surface area contributed by atoms with Crippen molar-refractivity contribution in [2.24, 2.45) is 0 Å². The number of aromatic nitrogens is 2. The molecule has 0 fully saturated rings. The molecule has 1 aromatic heterocycles. The average molecular weight is 322 g/mol. The molecule has 0 saturated carbocycles. The van der Waals surface area contributed by atoms with Gasteiger partial charge in [0.1, 0.15) is 0 Å². The molecule has 0 saturated heterocycles. The summed E-state index contributed by atoms with van der Waals surface area (Å²) in [5.41, 5.74) is 9.67. The number of benzene rings is 2. The number of anilines is 2. The van der Waals surface area contributed by atoms with Gasteiger partial charge in [-0.25, -0.2) is 4.68 Å². The second kappa shape index (κ2) is 6.62. The van der Waals surface area contributed by atoms with Crippen LogP contribution < -0.4 is 11.1 Å². The van der Waals surface area contributed by atoms with Gasteiger partial charge in [-0.15, -0.1) is 0 Å². The Hall–Kier alpha value is -2.66. The summed E-state index contributed by atoms with van der Waals surface area (Å²) >= 11 is 5.49. The van der Waals surface area contributed by atoms with Crippen LogP contribution in [0.15, 0.2) is 60.7 Å². The molecule has 5 heteroatoms. The van der Waals surface area contributed by atoms with Gasteiger partial charge in [0.15, 0.2) is 5.82 Å². The van der Waals surface area contributed by atoms with Gasteiger partial charge in [0, 0.05) is 6.42 Å². The van der Waals surface area contributed by atoms with Crippen molar-refractivity contribution in [1.82, 2.24) is 9.78 Å². The van der Waals surface area contributed by atoms with E-state index in [1.54, 1.807) is 4.68 Å². The number of nitrogens with zero attached hydrogens (tertiary/aromatic N) is 2. The molecule has 0 aliphatic rings. The number of thiocarbonyl (C=S) groups is 1. The fourth-order valence-electron chi connectivity index (χ4n) is 2.37. The van der Waals surface area contributed by atoms with Crippen molar-refractivity contribution >= 4 is 28.7 Å². The summed E-state index contributed by atoms with van der Waals surface area (Å²) in [5, 5.41) is 7.76. The molecule has 0 bridgehead atoms. The molecule has 0 radical (unpaired) electrons. The maximum atomic E-state index is 6.18. The van der Waals surface area contributed by atoms with E-state index < -0.39 is 0 Å². The van der Waals surface area contributed by atoms with E-state index in [0.29, 0.717) is 17.1 Å². The number of nitrogens with two attached hydrogens (primary N) is 1. The second-order valence-electron chi connectivity index (χ2n) is 5.31. The van der Waals surface area contributed by atoms with E-state index in [4.69, 9.17) is 18.0 Å². The molecule has 23 heavy (non-hydrogen) atoms. The van der Waals surface area contributed by atoms with Crippen LogP contribution in [0.25, 0.3) is 5.69 Å². The van der Waals surface area contributed by atoms with Crippen LogP contribution in [-0.2, 0) is 6.42 Å². The average Bonchev–Trinajstić information content (AvgIpc) is 2.85. The molecule has 3 N–H and O–H groups in total. The van der Waals surface area contributed by atoms with E-state index in [1.807, 2.05) is 55.5 Å². The van der Waals surface area contributed by atoms with Gasteiger partial charge in [-0.2, -0.15) is 5.10 Å².